The van der Waals surface area contributed by atoms with E-state index in [1.165, 1.54) is 27.8 Å². The maximum Gasteiger partial charge on any atom is 0.239 e. The van der Waals surface area contributed by atoms with E-state index < -0.39 is 0 Å². The third-order valence-corrected chi connectivity index (χ3v) is 9.78. The van der Waals surface area contributed by atoms with Crippen LogP contribution in [0, 0.1) is 5.41 Å². The normalized spacial score (nSPS) is 11.4. The molecule has 0 bridgehead atoms. The minimum atomic E-state index is 0.408. The van der Waals surface area contributed by atoms with E-state index in [2.05, 4.69) is 165 Å². The van der Waals surface area contributed by atoms with Crippen LogP contribution in [0.2, 0.25) is 0 Å². The number of allylic oxidation sites excluding steroid dienone is 2. The molecular weight excluding hydrogens is 717 g/mol. The van der Waals surface area contributed by atoms with Crippen LogP contribution < -0.4 is 9.80 Å². The Morgan fingerprint density at radius 2 is 1.05 bits per heavy atom. The summed E-state index contributed by atoms with van der Waals surface area (Å²) in [5, 5.41) is 12.0. The minimum Gasteiger partial charge on any atom is -0.444 e. The van der Waals surface area contributed by atoms with Gasteiger partial charge in [0.15, 0.2) is 0 Å². The van der Waals surface area contributed by atoms with Crippen molar-refractivity contribution in [2.24, 2.45) is 4.99 Å². The number of nitrogens with one attached hydrogen (secondary N) is 1. The maximum atomic E-state index is 7.28. The van der Waals surface area contributed by atoms with Gasteiger partial charge in [-0.2, -0.15) is 0 Å². The fraction of sp³-hybridized carbons (Fsp3) is 0. The number of aromatic nitrogens is 2. The molecule has 0 saturated carbocycles. The molecule has 1 N–H and O–H groups in total. The summed E-state index contributed by atoms with van der Waals surface area (Å²) in [4.78, 5) is 17.7. The van der Waals surface area contributed by atoms with Crippen molar-refractivity contribution in [2.75, 3.05) is 9.80 Å². The van der Waals surface area contributed by atoms with Gasteiger partial charge in [-0.15, -0.1) is 0 Å². The largest absolute Gasteiger partial charge is 0.444 e. The monoisotopic (exact) mass is 752 g/mol. The highest BCUT2D eigenvalue weighted by Crippen LogP contribution is 2.41. The smallest absolute Gasteiger partial charge is 0.239 e. The highest BCUT2D eigenvalue weighted by Gasteiger charge is 2.18. The van der Waals surface area contributed by atoms with Gasteiger partial charge in [0.05, 0.1) is 6.20 Å². The zero-order chi connectivity index (χ0) is 39.3. The lowest BCUT2D eigenvalue weighted by molar-refractivity contribution is 0.574. The summed E-state index contributed by atoms with van der Waals surface area (Å²) in [7, 11) is 0. The molecular formula is C50H36N6O2. The second-order valence-corrected chi connectivity index (χ2v) is 13.5. The third-order valence-electron chi connectivity index (χ3n) is 9.78. The Labute approximate surface area is 335 Å². The van der Waals surface area contributed by atoms with Crippen molar-refractivity contribution < 1.29 is 8.83 Å². The summed E-state index contributed by atoms with van der Waals surface area (Å²) < 4.78 is 11.6. The SMILES string of the molecule is C=CC=Nc1cnc(-c2ccc(N(c3ccc(-c4nc(/C=C\C=N)co4)cc3)c3ccc(N(c4ccc5ccccc5c4)c4ccc5ccccc5c4)cc3)cc2)o1. The van der Waals surface area contributed by atoms with E-state index in [0.717, 1.165) is 45.3 Å². The van der Waals surface area contributed by atoms with E-state index in [9.17, 15) is 0 Å². The van der Waals surface area contributed by atoms with Crippen LogP contribution in [0.4, 0.5) is 40.0 Å². The van der Waals surface area contributed by atoms with Crippen molar-refractivity contribution >= 4 is 80.1 Å². The first kappa shape index (κ1) is 35.6. The van der Waals surface area contributed by atoms with Crippen LogP contribution in [0.15, 0.2) is 203 Å². The third kappa shape index (κ3) is 7.33. The van der Waals surface area contributed by atoms with Gasteiger partial charge in [-0.25, -0.2) is 15.0 Å². The fourth-order valence-corrected chi connectivity index (χ4v) is 7.01. The van der Waals surface area contributed by atoms with Gasteiger partial charge in [0.2, 0.25) is 17.7 Å². The number of oxazole rings is 2. The van der Waals surface area contributed by atoms with Crippen molar-refractivity contribution in [1.29, 1.82) is 5.41 Å². The molecule has 0 atom stereocenters. The Morgan fingerprint density at radius 1 is 0.569 bits per heavy atom. The molecule has 2 heterocycles. The molecule has 0 spiro atoms. The van der Waals surface area contributed by atoms with Gasteiger partial charge in [0, 0.05) is 57.7 Å². The molecule has 278 valence electrons. The predicted octanol–water partition coefficient (Wildman–Crippen LogP) is 13.8. The van der Waals surface area contributed by atoms with E-state index in [-0.39, 0.29) is 0 Å². The second kappa shape index (κ2) is 15.9. The highest BCUT2D eigenvalue weighted by molar-refractivity contribution is 5.93. The van der Waals surface area contributed by atoms with Gasteiger partial charge in [0.25, 0.3) is 0 Å². The standard InChI is InChI=1S/C50H36N6O2/c1-2-30-52-48-33-53-49(58-48)37-15-19-42(20-16-37)55(43-21-17-38(18-22-43)50-54-41(34-57-50)12-7-29-51)44-25-27-45(28-26-44)56(46-23-13-35-8-3-5-10-39(35)31-46)47-24-14-36-9-4-6-11-40(36)32-47/h2-34,51H,1H2/b12-7-,51-29?,52-30?. The van der Waals surface area contributed by atoms with Crippen LogP contribution in [0.1, 0.15) is 5.69 Å². The Balaban J connectivity index is 1.11. The topological polar surface area (TPSA) is 94.8 Å². The average molecular weight is 753 g/mol. The first-order valence-corrected chi connectivity index (χ1v) is 18.8. The van der Waals surface area contributed by atoms with Crippen molar-refractivity contribution in [3.63, 3.8) is 0 Å². The van der Waals surface area contributed by atoms with Crippen molar-refractivity contribution in [1.82, 2.24) is 9.97 Å². The predicted molar refractivity (Wildman–Crippen MR) is 238 cm³/mol. The first-order chi connectivity index (χ1) is 28.6. The quantitative estimate of drug-likeness (QED) is 0.125. The molecule has 0 aliphatic rings. The molecule has 8 nitrogen and oxygen atoms in total. The molecule has 0 saturated heterocycles. The Morgan fingerprint density at radius 3 is 1.59 bits per heavy atom. The number of hydrogen-bond acceptors (Lipinski definition) is 8. The summed E-state index contributed by atoms with van der Waals surface area (Å²) in [6.07, 6.45) is 10.9. The van der Waals surface area contributed by atoms with Crippen molar-refractivity contribution in [2.45, 2.75) is 0 Å². The van der Waals surface area contributed by atoms with Crippen LogP contribution in [0.25, 0.3) is 50.5 Å². The number of benzene rings is 7. The number of rotatable bonds is 12. The van der Waals surface area contributed by atoms with Gasteiger partial charge < -0.3 is 24.0 Å². The van der Waals surface area contributed by atoms with Gasteiger partial charge in [0.1, 0.15) is 12.0 Å². The molecule has 9 rings (SSSR count). The zero-order valence-electron chi connectivity index (χ0n) is 31.3. The molecule has 58 heavy (non-hydrogen) atoms. The summed E-state index contributed by atoms with van der Waals surface area (Å²) in [6, 6.07) is 55.0. The Kier molecular flexibility index (Phi) is 9.78. The van der Waals surface area contributed by atoms with Gasteiger partial charge in [-0.05, 0) is 131 Å². The van der Waals surface area contributed by atoms with Crippen LogP contribution in [-0.2, 0) is 0 Å². The van der Waals surface area contributed by atoms with E-state index in [1.54, 1.807) is 36.9 Å². The second-order valence-electron chi connectivity index (χ2n) is 13.5. The summed E-state index contributed by atoms with van der Waals surface area (Å²) in [5.74, 6) is 1.39. The summed E-state index contributed by atoms with van der Waals surface area (Å²) >= 11 is 0. The number of nitrogens with zero attached hydrogens (tertiary/aromatic N) is 5. The molecule has 0 unspecified atom stereocenters. The molecule has 7 aromatic carbocycles. The van der Waals surface area contributed by atoms with E-state index in [0.29, 0.717) is 23.4 Å². The summed E-state index contributed by atoms with van der Waals surface area (Å²) in [5.41, 5.74) is 8.32. The van der Waals surface area contributed by atoms with Crippen LogP contribution >= 0.6 is 0 Å². The molecule has 0 amide bonds. The first-order valence-electron chi connectivity index (χ1n) is 18.8. The Bertz CT molecular complexity index is 2760. The van der Waals surface area contributed by atoms with Crippen molar-refractivity contribution in [3.8, 4) is 22.9 Å². The zero-order valence-corrected chi connectivity index (χ0v) is 31.3. The van der Waals surface area contributed by atoms with Gasteiger partial charge >= 0.3 is 0 Å². The molecule has 2 aromatic heterocycles. The van der Waals surface area contributed by atoms with Crippen LogP contribution in [0.3, 0.4) is 0 Å². The van der Waals surface area contributed by atoms with E-state index >= 15 is 0 Å². The lowest BCUT2D eigenvalue weighted by Crippen LogP contribution is -2.12. The van der Waals surface area contributed by atoms with Gasteiger partial charge in [-0.3, -0.25) is 0 Å². The number of anilines is 6. The van der Waals surface area contributed by atoms with E-state index in [4.69, 9.17) is 14.2 Å². The number of aliphatic imine (C=N–C) groups is 1. The molecule has 0 radical (unpaired) electrons. The molecule has 0 aliphatic heterocycles. The van der Waals surface area contributed by atoms with Gasteiger partial charge in [-0.1, -0.05) is 73.3 Å². The molecule has 8 heteroatoms. The lowest BCUT2D eigenvalue weighted by Gasteiger charge is -2.29. The highest BCUT2D eigenvalue weighted by atomic mass is 16.4. The van der Waals surface area contributed by atoms with E-state index in [1.807, 2.05) is 24.3 Å². The van der Waals surface area contributed by atoms with Crippen LogP contribution in [0.5, 0.6) is 0 Å². The average Bonchev–Trinajstić information content (AvgIpc) is 3.97. The number of fused-ring (bicyclic) bond motifs is 2. The minimum absolute atomic E-state index is 0.408. The Hall–Kier alpha value is -8.10. The fourth-order valence-electron chi connectivity index (χ4n) is 7.01. The molecule has 0 fully saturated rings. The maximum absolute atomic E-state index is 7.28. The number of hydrogen-bond donors (Lipinski definition) is 1. The summed E-state index contributed by atoms with van der Waals surface area (Å²) in [6.45, 7) is 3.67. The van der Waals surface area contributed by atoms with Crippen LogP contribution in [-0.4, -0.2) is 22.4 Å². The molecule has 9 aromatic rings. The molecule has 0 aliphatic carbocycles. The lowest BCUT2D eigenvalue weighted by atomic mass is 10.1. The van der Waals surface area contributed by atoms with Crippen molar-refractivity contribution in [3.05, 3.63) is 195 Å².